The normalized spacial score (nSPS) is 14.5. The molecule has 0 atom stereocenters. The van der Waals surface area contributed by atoms with Crippen molar-refractivity contribution >= 4 is 12.0 Å². The minimum atomic E-state index is -0.497. The minimum Gasteiger partial charge on any atom is -0.490 e. The van der Waals surface area contributed by atoms with E-state index in [4.69, 9.17) is 18.9 Å². The molecule has 0 saturated carbocycles. The Balaban J connectivity index is 1.90. The Labute approximate surface area is 197 Å². The summed E-state index contributed by atoms with van der Waals surface area (Å²) in [7, 11) is 0. The molecule has 2 amide bonds. The molecular formula is C24H39N3O6. The standard InChI is InChI=1S/C24H39N3O6/c1-7-30-19-16-18(17-20(31-8-2)21(19)32-9-3)22(28)25-10-11-26-12-14-27(15-13-26)23(29)33-24(4,5)6/h16-17H,7-15H2,1-6H3,(H,25,28). The average Bonchev–Trinajstić information content (AvgIpc) is 2.75. The molecule has 1 aromatic carbocycles. The van der Waals surface area contributed by atoms with Crippen molar-refractivity contribution in [2.45, 2.75) is 47.1 Å². The second kappa shape index (κ2) is 12.5. The van der Waals surface area contributed by atoms with E-state index in [1.807, 2.05) is 41.5 Å². The molecule has 9 heteroatoms. The molecule has 1 fully saturated rings. The zero-order valence-corrected chi connectivity index (χ0v) is 20.9. The maximum atomic E-state index is 12.8. The van der Waals surface area contributed by atoms with Crippen LogP contribution in [-0.4, -0.2) is 86.5 Å². The molecule has 9 nitrogen and oxygen atoms in total. The van der Waals surface area contributed by atoms with Crippen molar-refractivity contribution in [1.82, 2.24) is 15.1 Å². The van der Waals surface area contributed by atoms with Crippen molar-refractivity contribution in [3.8, 4) is 17.2 Å². The van der Waals surface area contributed by atoms with Crippen LogP contribution in [0.5, 0.6) is 17.2 Å². The molecule has 186 valence electrons. The molecule has 1 N–H and O–H groups in total. The van der Waals surface area contributed by atoms with Crippen LogP contribution < -0.4 is 19.5 Å². The number of benzene rings is 1. The van der Waals surface area contributed by atoms with Gasteiger partial charge < -0.3 is 29.2 Å². The largest absolute Gasteiger partial charge is 0.490 e. The third kappa shape index (κ3) is 8.31. The van der Waals surface area contributed by atoms with Crippen LogP contribution >= 0.6 is 0 Å². The molecule has 0 bridgehead atoms. The Morgan fingerprint density at radius 1 is 0.909 bits per heavy atom. The van der Waals surface area contributed by atoms with E-state index in [-0.39, 0.29) is 12.0 Å². The zero-order valence-electron chi connectivity index (χ0n) is 20.9. The van der Waals surface area contributed by atoms with Gasteiger partial charge in [-0.25, -0.2) is 4.79 Å². The number of rotatable bonds is 10. The number of hydrogen-bond donors (Lipinski definition) is 1. The summed E-state index contributed by atoms with van der Waals surface area (Å²) in [4.78, 5) is 28.9. The van der Waals surface area contributed by atoms with Crippen molar-refractivity contribution in [2.75, 3.05) is 59.1 Å². The zero-order chi connectivity index (χ0) is 24.4. The predicted molar refractivity (Wildman–Crippen MR) is 127 cm³/mol. The summed E-state index contributed by atoms with van der Waals surface area (Å²) < 4.78 is 22.5. The fourth-order valence-electron chi connectivity index (χ4n) is 3.43. The first-order valence-electron chi connectivity index (χ1n) is 11.7. The summed E-state index contributed by atoms with van der Waals surface area (Å²) in [5.41, 5.74) is -0.0382. The van der Waals surface area contributed by atoms with Crippen molar-refractivity contribution in [2.24, 2.45) is 0 Å². The van der Waals surface area contributed by atoms with Crippen LogP contribution in [0.25, 0.3) is 0 Å². The van der Waals surface area contributed by atoms with Crippen LogP contribution in [0.3, 0.4) is 0 Å². The number of piperazine rings is 1. The van der Waals surface area contributed by atoms with Crippen molar-refractivity contribution in [3.63, 3.8) is 0 Å². The quantitative estimate of drug-likeness (QED) is 0.568. The highest BCUT2D eigenvalue weighted by molar-refractivity contribution is 5.95. The molecule has 0 aromatic heterocycles. The van der Waals surface area contributed by atoms with E-state index < -0.39 is 5.60 Å². The summed E-state index contributed by atoms with van der Waals surface area (Å²) in [6.45, 7) is 16.5. The second-order valence-electron chi connectivity index (χ2n) is 8.67. The van der Waals surface area contributed by atoms with E-state index in [1.54, 1.807) is 17.0 Å². The molecule has 2 rings (SSSR count). The van der Waals surface area contributed by atoms with Gasteiger partial charge in [0.15, 0.2) is 11.5 Å². The number of carbonyl (C=O) groups is 2. The highest BCUT2D eigenvalue weighted by Crippen LogP contribution is 2.39. The van der Waals surface area contributed by atoms with E-state index in [9.17, 15) is 9.59 Å². The van der Waals surface area contributed by atoms with E-state index in [2.05, 4.69) is 10.2 Å². The summed E-state index contributed by atoms with van der Waals surface area (Å²) in [6, 6.07) is 3.37. The first-order valence-corrected chi connectivity index (χ1v) is 11.7. The minimum absolute atomic E-state index is 0.202. The topological polar surface area (TPSA) is 89.6 Å². The van der Waals surface area contributed by atoms with E-state index >= 15 is 0 Å². The average molecular weight is 466 g/mol. The first kappa shape index (κ1) is 26.6. The molecule has 1 aliphatic heterocycles. The number of amides is 2. The molecule has 33 heavy (non-hydrogen) atoms. The maximum Gasteiger partial charge on any atom is 0.410 e. The second-order valence-corrected chi connectivity index (χ2v) is 8.67. The van der Waals surface area contributed by atoms with E-state index in [1.165, 1.54) is 0 Å². The Morgan fingerprint density at radius 2 is 1.45 bits per heavy atom. The van der Waals surface area contributed by atoms with Gasteiger partial charge in [0.1, 0.15) is 5.60 Å². The van der Waals surface area contributed by atoms with Gasteiger partial charge in [-0.05, 0) is 53.7 Å². The van der Waals surface area contributed by atoms with Crippen LogP contribution in [0.2, 0.25) is 0 Å². The van der Waals surface area contributed by atoms with Gasteiger partial charge in [-0.3, -0.25) is 9.69 Å². The summed E-state index contributed by atoms with van der Waals surface area (Å²) in [5.74, 6) is 1.30. The van der Waals surface area contributed by atoms with Crippen LogP contribution in [0.15, 0.2) is 12.1 Å². The Kier molecular flexibility index (Phi) is 10.1. The van der Waals surface area contributed by atoms with Crippen LogP contribution in [0.1, 0.15) is 51.9 Å². The van der Waals surface area contributed by atoms with Crippen molar-refractivity contribution in [1.29, 1.82) is 0 Å². The molecule has 1 saturated heterocycles. The lowest BCUT2D eigenvalue weighted by atomic mass is 10.1. The van der Waals surface area contributed by atoms with Gasteiger partial charge in [0.05, 0.1) is 19.8 Å². The van der Waals surface area contributed by atoms with Crippen molar-refractivity contribution in [3.05, 3.63) is 17.7 Å². The highest BCUT2D eigenvalue weighted by atomic mass is 16.6. The molecule has 0 aliphatic carbocycles. The highest BCUT2D eigenvalue weighted by Gasteiger charge is 2.26. The third-order valence-corrected chi connectivity index (χ3v) is 4.91. The van der Waals surface area contributed by atoms with Crippen LogP contribution in [0.4, 0.5) is 4.79 Å². The van der Waals surface area contributed by atoms with Gasteiger partial charge in [0.25, 0.3) is 5.91 Å². The number of nitrogens with one attached hydrogen (secondary N) is 1. The Bertz CT molecular complexity index is 758. The molecule has 0 radical (unpaired) electrons. The lowest BCUT2D eigenvalue weighted by Gasteiger charge is -2.35. The van der Waals surface area contributed by atoms with E-state index in [0.717, 1.165) is 13.1 Å². The fraction of sp³-hybridized carbons (Fsp3) is 0.667. The third-order valence-electron chi connectivity index (χ3n) is 4.91. The summed E-state index contributed by atoms with van der Waals surface area (Å²) in [5, 5.41) is 2.96. The molecule has 1 aliphatic rings. The monoisotopic (exact) mass is 465 g/mol. The SMILES string of the molecule is CCOc1cc(C(=O)NCCN2CCN(C(=O)OC(C)(C)C)CC2)cc(OCC)c1OCC. The smallest absolute Gasteiger partial charge is 0.410 e. The van der Waals surface area contributed by atoms with E-state index in [0.29, 0.717) is 68.8 Å². The molecule has 1 heterocycles. The molecular weight excluding hydrogens is 426 g/mol. The van der Waals surface area contributed by atoms with Gasteiger partial charge >= 0.3 is 6.09 Å². The Hall–Kier alpha value is -2.68. The van der Waals surface area contributed by atoms with Gasteiger partial charge in [-0.1, -0.05) is 0 Å². The number of ether oxygens (including phenoxy) is 4. The van der Waals surface area contributed by atoms with Gasteiger partial charge in [-0.2, -0.15) is 0 Å². The first-order chi connectivity index (χ1) is 15.7. The molecule has 0 spiro atoms. The fourth-order valence-corrected chi connectivity index (χ4v) is 3.43. The maximum absolute atomic E-state index is 12.8. The number of hydrogen-bond acceptors (Lipinski definition) is 7. The van der Waals surface area contributed by atoms with Gasteiger partial charge in [-0.15, -0.1) is 0 Å². The molecule has 1 aromatic rings. The van der Waals surface area contributed by atoms with Gasteiger partial charge in [0, 0.05) is 44.8 Å². The lowest BCUT2D eigenvalue weighted by molar-refractivity contribution is 0.0147. The number of nitrogens with zero attached hydrogens (tertiary/aromatic N) is 2. The van der Waals surface area contributed by atoms with Crippen molar-refractivity contribution < 1.29 is 28.5 Å². The van der Waals surface area contributed by atoms with Crippen LogP contribution in [0, 0.1) is 0 Å². The number of carbonyl (C=O) groups excluding carboxylic acids is 2. The lowest BCUT2D eigenvalue weighted by Crippen LogP contribution is -2.51. The summed E-state index contributed by atoms with van der Waals surface area (Å²) >= 11 is 0. The Morgan fingerprint density at radius 3 is 1.94 bits per heavy atom. The summed E-state index contributed by atoms with van der Waals surface area (Å²) in [6.07, 6.45) is -0.277. The predicted octanol–water partition coefficient (Wildman–Crippen LogP) is 3.17. The van der Waals surface area contributed by atoms with Gasteiger partial charge in [0.2, 0.25) is 5.75 Å². The molecule has 0 unspecified atom stereocenters. The van der Waals surface area contributed by atoms with Crippen LogP contribution in [-0.2, 0) is 4.74 Å².